The molecule has 134 valence electrons. The van der Waals surface area contributed by atoms with Gasteiger partial charge in [0, 0.05) is 6.54 Å². The Morgan fingerprint density at radius 3 is 2.54 bits per heavy atom. The van der Waals surface area contributed by atoms with Gasteiger partial charge in [-0.25, -0.2) is 13.5 Å². The molecule has 3 rings (SSSR count). The van der Waals surface area contributed by atoms with Crippen LogP contribution in [0.15, 0.2) is 48.5 Å². The first-order chi connectivity index (χ1) is 12.5. The zero-order chi connectivity index (χ0) is 18.7. The molecule has 0 unspecified atom stereocenters. The van der Waals surface area contributed by atoms with E-state index in [1.807, 2.05) is 0 Å². The van der Waals surface area contributed by atoms with Gasteiger partial charge in [-0.05, 0) is 49.2 Å². The van der Waals surface area contributed by atoms with E-state index in [9.17, 15) is 13.6 Å². The van der Waals surface area contributed by atoms with Crippen LogP contribution >= 0.6 is 11.6 Å². The maximum atomic E-state index is 13.6. The molecule has 0 radical (unpaired) electrons. The van der Waals surface area contributed by atoms with Gasteiger partial charge in [-0.2, -0.15) is 5.10 Å². The number of aryl methyl sites for hydroxylation is 1. The minimum Gasteiger partial charge on any atom is -0.352 e. The maximum Gasteiger partial charge on any atom is 0.256 e. The lowest BCUT2D eigenvalue weighted by atomic mass is 10.1. The highest BCUT2D eigenvalue weighted by Crippen LogP contribution is 2.23. The van der Waals surface area contributed by atoms with E-state index in [4.69, 9.17) is 11.6 Å². The summed E-state index contributed by atoms with van der Waals surface area (Å²) in [7, 11) is 0. The Kier molecular flexibility index (Phi) is 5.32. The second-order valence-corrected chi connectivity index (χ2v) is 6.09. The van der Waals surface area contributed by atoms with Gasteiger partial charge in [0.25, 0.3) is 5.91 Å². The molecule has 1 heterocycles. The Labute approximate surface area is 154 Å². The number of aromatic nitrogens is 2. The third kappa shape index (κ3) is 3.75. The number of hydrogen-bond donors (Lipinski definition) is 1. The molecule has 3 aromatic rings. The normalized spacial score (nSPS) is 10.8. The summed E-state index contributed by atoms with van der Waals surface area (Å²) >= 11 is 6.31. The van der Waals surface area contributed by atoms with Crippen LogP contribution in [0.3, 0.4) is 0 Å². The van der Waals surface area contributed by atoms with Crippen molar-refractivity contribution in [2.24, 2.45) is 0 Å². The molecule has 0 aliphatic rings. The minimum absolute atomic E-state index is 0.137. The first-order valence-corrected chi connectivity index (χ1v) is 8.38. The Morgan fingerprint density at radius 2 is 1.85 bits per heavy atom. The van der Waals surface area contributed by atoms with E-state index in [-0.39, 0.29) is 28.9 Å². The summed E-state index contributed by atoms with van der Waals surface area (Å²) in [5.74, 6) is -1.07. The summed E-state index contributed by atoms with van der Waals surface area (Å²) in [4.78, 5) is 12.5. The van der Waals surface area contributed by atoms with Crippen molar-refractivity contribution in [3.8, 4) is 5.69 Å². The molecule has 0 atom stereocenters. The van der Waals surface area contributed by atoms with Gasteiger partial charge in [0.2, 0.25) is 0 Å². The predicted molar refractivity (Wildman–Crippen MR) is 95.7 cm³/mol. The highest BCUT2D eigenvalue weighted by molar-refractivity contribution is 6.33. The zero-order valence-electron chi connectivity index (χ0n) is 14.0. The van der Waals surface area contributed by atoms with Crippen LogP contribution in [-0.4, -0.2) is 22.2 Å². The van der Waals surface area contributed by atoms with Crippen molar-refractivity contribution in [2.75, 3.05) is 6.54 Å². The molecule has 0 saturated heterocycles. The molecule has 1 amide bonds. The molecule has 0 aliphatic heterocycles. The van der Waals surface area contributed by atoms with E-state index in [0.717, 1.165) is 0 Å². The van der Waals surface area contributed by atoms with Gasteiger partial charge in [-0.15, -0.1) is 0 Å². The highest BCUT2D eigenvalue weighted by atomic mass is 35.5. The standard InChI is InChI=1S/C19H16ClF2N3O/c1-12-17(18(20)25(24-12)15-8-6-14(21)7-9-15)19(26)23-11-10-13-4-2-3-5-16(13)22/h2-9H,10-11H2,1H3,(H,23,26). The Balaban J connectivity index is 1.73. The average Bonchev–Trinajstić information content (AvgIpc) is 2.92. The third-order valence-corrected chi connectivity index (χ3v) is 4.29. The average molecular weight is 376 g/mol. The molecule has 1 N–H and O–H groups in total. The van der Waals surface area contributed by atoms with Crippen molar-refractivity contribution in [2.45, 2.75) is 13.3 Å². The van der Waals surface area contributed by atoms with E-state index in [2.05, 4.69) is 10.4 Å². The molecule has 0 spiro atoms. The second-order valence-electron chi connectivity index (χ2n) is 5.74. The van der Waals surface area contributed by atoms with Crippen LogP contribution in [-0.2, 0) is 6.42 Å². The molecular formula is C19H16ClF2N3O. The van der Waals surface area contributed by atoms with E-state index in [1.165, 1.54) is 35.0 Å². The maximum absolute atomic E-state index is 13.6. The van der Waals surface area contributed by atoms with Gasteiger partial charge in [-0.1, -0.05) is 29.8 Å². The van der Waals surface area contributed by atoms with E-state index < -0.39 is 5.91 Å². The van der Waals surface area contributed by atoms with Crippen LogP contribution < -0.4 is 5.32 Å². The lowest BCUT2D eigenvalue weighted by molar-refractivity contribution is 0.0953. The van der Waals surface area contributed by atoms with Gasteiger partial charge in [0.1, 0.15) is 16.8 Å². The SMILES string of the molecule is Cc1nn(-c2ccc(F)cc2)c(Cl)c1C(=O)NCCc1ccccc1F. The number of nitrogens with zero attached hydrogens (tertiary/aromatic N) is 2. The number of amides is 1. The number of benzene rings is 2. The highest BCUT2D eigenvalue weighted by Gasteiger charge is 2.21. The summed E-state index contributed by atoms with van der Waals surface area (Å²) in [6.07, 6.45) is 0.362. The molecular weight excluding hydrogens is 360 g/mol. The number of carbonyl (C=O) groups is 1. The van der Waals surface area contributed by atoms with Crippen LogP contribution in [0.2, 0.25) is 5.15 Å². The number of halogens is 3. The monoisotopic (exact) mass is 375 g/mol. The van der Waals surface area contributed by atoms with E-state index in [0.29, 0.717) is 23.4 Å². The fourth-order valence-corrected chi connectivity index (χ4v) is 2.97. The molecule has 1 aromatic heterocycles. The van der Waals surface area contributed by atoms with Crippen molar-refractivity contribution < 1.29 is 13.6 Å². The summed E-state index contributed by atoms with van der Waals surface area (Å²) in [6.45, 7) is 1.93. The Morgan fingerprint density at radius 1 is 1.15 bits per heavy atom. The zero-order valence-corrected chi connectivity index (χ0v) is 14.7. The van der Waals surface area contributed by atoms with Crippen LogP contribution in [0.1, 0.15) is 21.6 Å². The first kappa shape index (κ1) is 18.1. The largest absolute Gasteiger partial charge is 0.352 e. The summed E-state index contributed by atoms with van der Waals surface area (Å²) in [6, 6.07) is 12.0. The fraction of sp³-hybridized carbons (Fsp3) is 0.158. The summed E-state index contributed by atoms with van der Waals surface area (Å²) in [5, 5.41) is 7.12. The third-order valence-electron chi connectivity index (χ3n) is 3.94. The summed E-state index contributed by atoms with van der Waals surface area (Å²) < 4.78 is 28.1. The molecule has 0 saturated carbocycles. The lowest BCUT2D eigenvalue weighted by Crippen LogP contribution is -2.26. The fourth-order valence-electron chi connectivity index (χ4n) is 2.61. The molecule has 7 heteroatoms. The van der Waals surface area contributed by atoms with Crippen molar-refractivity contribution in [1.82, 2.24) is 15.1 Å². The first-order valence-electron chi connectivity index (χ1n) is 8.00. The predicted octanol–water partition coefficient (Wildman–Crippen LogP) is 4.08. The van der Waals surface area contributed by atoms with E-state index >= 15 is 0 Å². The number of nitrogens with one attached hydrogen (secondary N) is 1. The van der Waals surface area contributed by atoms with Gasteiger partial charge in [0.05, 0.1) is 16.9 Å². The van der Waals surface area contributed by atoms with E-state index in [1.54, 1.807) is 25.1 Å². The number of rotatable bonds is 5. The molecule has 26 heavy (non-hydrogen) atoms. The molecule has 2 aromatic carbocycles. The van der Waals surface area contributed by atoms with Crippen LogP contribution in [0.5, 0.6) is 0 Å². The number of carbonyl (C=O) groups excluding carboxylic acids is 1. The van der Waals surface area contributed by atoms with Gasteiger partial charge >= 0.3 is 0 Å². The van der Waals surface area contributed by atoms with Crippen molar-refractivity contribution >= 4 is 17.5 Å². The van der Waals surface area contributed by atoms with Gasteiger partial charge in [-0.3, -0.25) is 4.79 Å². The van der Waals surface area contributed by atoms with Crippen LogP contribution in [0.25, 0.3) is 5.69 Å². The summed E-state index contributed by atoms with van der Waals surface area (Å²) in [5.41, 5.74) is 1.76. The van der Waals surface area contributed by atoms with Gasteiger partial charge < -0.3 is 5.32 Å². The minimum atomic E-state index is -0.391. The Bertz CT molecular complexity index is 938. The Hall–Kier alpha value is -2.73. The van der Waals surface area contributed by atoms with Crippen molar-refractivity contribution in [1.29, 1.82) is 0 Å². The van der Waals surface area contributed by atoms with Crippen molar-refractivity contribution in [3.05, 3.63) is 82.1 Å². The second kappa shape index (κ2) is 7.66. The topological polar surface area (TPSA) is 46.9 Å². The molecule has 0 bridgehead atoms. The molecule has 0 aliphatic carbocycles. The van der Waals surface area contributed by atoms with Crippen LogP contribution in [0, 0.1) is 18.6 Å². The van der Waals surface area contributed by atoms with Crippen LogP contribution in [0.4, 0.5) is 8.78 Å². The number of hydrogen-bond acceptors (Lipinski definition) is 2. The van der Waals surface area contributed by atoms with Crippen molar-refractivity contribution in [3.63, 3.8) is 0 Å². The van der Waals surface area contributed by atoms with Gasteiger partial charge in [0.15, 0.2) is 0 Å². The lowest BCUT2D eigenvalue weighted by Gasteiger charge is -2.06. The smallest absolute Gasteiger partial charge is 0.256 e. The molecule has 0 fully saturated rings. The quantitative estimate of drug-likeness (QED) is 0.730. The molecule has 4 nitrogen and oxygen atoms in total.